The first-order chi connectivity index (χ1) is 12.7. The van der Waals surface area contributed by atoms with Crippen LogP contribution in [0.3, 0.4) is 0 Å². The maximum absolute atomic E-state index is 12.9. The summed E-state index contributed by atoms with van der Waals surface area (Å²) < 4.78 is 5.53. The number of likely N-dealkylation sites (tertiary alicyclic amines) is 1. The van der Waals surface area contributed by atoms with E-state index in [1.807, 2.05) is 30.3 Å². The van der Waals surface area contributed by atoms with Gasteiger partial charge in [-0.15, -0.1) is 0 Å². The number of urea groups is 1. The Hall–Kier alpha value is -2.08. The number of hydrogen-bond donors (Lipinski definition) is 2. The molecule has 0 radical (unpaired) electrons. The average molecular weight is 357 g/mol. The van der Waals surface area contributed by atoms with Crippen molar-refractivity contribution in [2.24, 2.45) is 17.3 Å². The Balaban J connectivity index is 1.45. The van der Waals surface area contributed by atoms with Gasteiger partial charge < -0.3 is 20.3 Å². The number of benzene rings is 1. The predicted molar refractivity (Wildman–Crippen MR) is 98.7 cm³/mol. The second kappa shape index (κ2) is 7.27. The standard InChI is InChI=1S/C20H27N3O3/c24-18(21-12-15-6-7-15)17-13-23(14-20(17)8-10-26-11-9-20)19(25)22-16-4-2-1-3-5-16/h1-5,15,17H,6-14H2,(H,21,24)(H,22,25)/t17-/m1/s1. The van der Waals surface area contributed by atoms with Gasteiger partial charge in [0.2, 0.25) is 5.91 Å². The molecule has 2 saturated heterocycles. The third kappa shape index (κ3) is 3.70. The molecule has 6 heteroatoms. The molecule has 140 valence electrons. The fraction of sp³-hybridized carbons (Fsp3) is 0.600. The van der Waals surface area contributed by atoms with Crippen LogP contribution in [-0.4, -0.2) is 49.7 Å². The summed E-state index contributed by atoms with van der Waals surface area (Å²) in [5, 5.41) is 6.08. The van der Waals surface area contributed by atoms with Gasteiger partial charge in [-0.2, -0.15) is 0 Å². The van der Waals surface area contributed by atoms with Crippen LogP contribution in [0.25, 0.3) is 0 Å². The fourth-order valence-electron chi connectivity index (χ4n) is 4.18. The van der Waals surface area contributed by atoms with Gasteiger partial charge in [0.25, 0.3) is 0 Å². The van der Waals surface area contributed by atoms with Crippen molar-refractivity contribution in [2.75, 3.05) is 38.2 Å². The molecule has 3 amide bonds. The molecule has 1 aliphatic carbocycles. The summed E-state index contributed by atoms with van der Waals surface area (Å²) in [7, 11) is 0. The van der Waals surface area contributed by atoms with Crippen LogP contribution in [0, 0.1) is 17.3 Å². The molecule has 2 aliphatic heterocycles. The molecule has 2 N–H and O–H groups in total. The SMILES string of the molecule is O=C(NCC1CC1)[C@H]1CN(C(=O)Nc2ccccc2)CC12CCOCC2. The quantitative estimate of drug-likeness (QED) is 0.870. The largest absolute Gasteiger partial charge is 0.381 e. The molecule has 1 aromatic rings. The van der Waals surface area contributed by atoms with Gasteiger partial charge in [-0.1, -0.05) is 18.2 Å². The first-order valence-corrected chi connectivity index (χ1v) is 9.63. The van der Waals surface area contributed by atoms with Gasteiger partial charge in [-0.05, 0) is 43.7 Å². The molecule has 1 spiro atoms. The summed E-state index contributed by atoms with van der Waals surface area (Å²) in [6, 6.07) is 9.33. The summed E-state index contributed by atoms with van der Waals surface area (Å²) in [5.41, 5.74) is 0.625. The third-order valence-corrected chi connectivity index (χ3v) is 6.03. The highest BCUT2D eigenvalue weighted by molar-refractivity contribution is 5.90. The molecular formula is C20H27N3O3. The van der Waals surface area contributed by atoms with Crippen LogP contribution in [-0.2, 0) is 9.53 Å². The lowest BCUT2D eigenvalue weighted by atomic mass is 9.72. The first kappa shape index (κ1) is 17.3. The highest BCUT2D eigenvalue weighted by atomic mass is 16.5. The summed E-state index contributed by atoms with van der Waals surface area (Å²) in [6.07, 6.45) is 4.11. The number of nitrogens with one attached hydrogen (secondary N) is 2. The number of amides is 3. The van der Waals surface area contributed by atoms with Crippen molar-refractivity contribution >= 4 is 17.6 Å². The summed E-state index contributed by atoms with van der Waals surface area (Å²) >= 11 is 0. The molecule has 3 fully saturated rings. The molecule has 4 rings (SSSR count). The normalized spacial score (nSPS) is 24.5. The fourth-order valence-corrected chi connectivity index (χ4v) is 4.18. The number of carbonyl (C=O) groups excluding carboxylic acids is 2. The van der Waals surface area contributed by atoms with Crippen molar-refractivity contribution < 1.29 is 14.3 Å². The Morgan fingerprint density at radius 1 is 1.15 bits per heavy atom. The lowest BCUT2D eigenvalue weighted by Crippen LogP contribution is -2.44. The van der Waals surface area contributed by atoms with Gasteiger partial charge in [0.05, 0.1) is 5.92 Å². The number of para-hydroxylation sites is 1. The summed E-state index contributed by atoms with van der Waals surface area (Å²) in [4.78, 5) is 27.4. The highest BCUT2D eigenvalue weighted by Gasteiger charge is 2.51. The number of rotatable bonds is 4. The Morgan fingerprint density at radius 3 is 2.58 bits per heavy atom. The maximum atomic E-state index is 12.9. The zero-order valence-electron chi connectivity index (χ0n) is 15.1. The van der Waals surface area contributed by atoms with Gasteiger partial charge in [0.1, 0.15) is 0 Å². The Morgan fingerprint density at radius 2 is 1.88 bits per heavy atom. The molecule has 2 heterocycles. The van der Waals surface area contributed by atoms with Crippen molar-refractivity contribution in [3.05, 3.63) is 30.3 Å². The molecule has 1 saturated carbocycles. The second-order valence-corrected chi connectivity index (χ2v) is 7.89. The molecule has 6 nitrogen and oxygen atoms in total. The topological polar surface area (TPSA) is 70.7 Å². The molecule has 0 aromatic heterocycles. The van der Waals surface area contributed by atoms with Gasteiger partial charge in [-0.25, -0.2) is 4.79 Å². The minimum atomic E-state index is -0.153. The van der Waals surface area contributed by atoms with Crippen LogP contribution in [0.4, 0.5) is 10.5 Å². The molecule has 1 aromatic carbocycles. The van der Waals surface area contributed by atoms with Crippen LogP contribution >= 0.6 is 0 Å². The van der Waals surface area contributed by atoms with E-state index < -0.39 is 0 Å². The van der Waals surface area contributed by atoms with E-state index in [2.05, 4.69) is 10.6 Å². The van der Waals surface area contributed by atoms with Crippen molar-refractivity contribution in [3.8, 4) is 0 Å². The summed E-state index contributed by atoms with van der Waals surface area (Å²) in [5.74, 6) is 0.615. The van der Waals surface area contributed by atoms with Crippen molar-refractivity contribution in [1.29, 1.82) is 0 Å². The van der Waals surface area contributed by atoms with Crippen LogP contribution in [0.1, 0.15) is 25.7 Å². The monoisotopic (exact) mass is 357 g/mol. The number of nitrogens with zero attached hydrogens (tertiary/aromatic N) is 1. The number of anilines is 1. The van der Waals surface area contributed by atoms with Crippen LogP contribution in [0.15, 0.2) is 30.3 Å². The second-order valence-electron chi connectivity index (χ2n) is 7.89. The van der Waals surface area contributed by atoms with E-state index in [1.165, 1.54) is 12.8 Å². The minimum absolute atomic E-state index is 0.105. The van der Waals surface area contributed by atoms with E-state index in [-0.39, 0.29) is 23.3 Å². The lowest BCUT2D eigenvalue weighted by Gasteiger charge is -2.37. The Labute approximate surface area is 154 Å². The van der Waals surface area contributed by atoms with Crippen molar-refractivity contribution in [1.82, 2.24) is 10.2 Å². The maximum Gasteiger partial charge on any atom is 0.321 e. The first-order valence-electron chi connectivity index (χ1n) is 9.63. The van der Waals surface area contributed by atoms with Crippen molar-refractivity contribution in [3.63, 3.8) is 0 Å². The van der Waals surface area contributed by atoms with E-state index in [1.54, 1.807) is 4.90 Å². The van der Waals surface area contributed by atoms with E-state index in [4.69, 9.17) is 4.74 Å². The minimum Gasteiger partial charge on any atom is -0.381 e. The zero-order chi connectivity index (χ0) is 18.0. The van der Waals surface area contributed by atoms with Gasteiger partial charge in [0.15, 0.2) is 0 Å². The van der Waals surface area contributed by atoms with Crippen LogP contribution < -0.4 is 10.6 Å². The smallest absolute Gasteiger partial charge is 0.321 e. The predicted octanol–water partition coefficient (Wildman–Crippen LogP) is 2.47. The average Bonchev–Trinajstić information content (AvgIpc) is 3.42. The van der Waals surface area contributed by atoms with Gasteiger partial charge in [-0.3, -0.25) is 4.79 Å². The third-order valence-electron chi connectivity index (χ3n) is 6.03. The molecule has 0 bridgehead atoms. The Kier molecular flexibility index (Phi) is 4.85. The zero-order valence-corrected chi connectivity index (χ0v) is 15.1. The lowest BCUT2D eigenvalue weighted by molar-refractivity contribution is -0.129. The van der Waals surface area contributed by atoms with Crippen LogP contribution in [0.2, 0.25) is 0 Å². The van der Waals surface area contributed by atoms with Crippen molar-refractivity contribution in [2.45, 2.75) is 25.7 Å². The molecule has 0 unspecified atom stereocenters. The highest BCUT2D eigenvalue weighted by Crippen LogP contribution is 2.44. The Bertz CT molecular complexity index is 654. The summed E-state index contributed by atoms with van der Waals surface area (Å²) in [6.45, 7) is 3.21. The van der Waals surface area contributed by atoms with E-state index >= 15 is 0 Å². The molecule has 3 aliphatic rings. The molecular weight excluding hydrogens is 330 g/mol. The van der Waals surface area contributed by atoms with Crippen LogP contribution in [0.5, 0.6) is 0 Å². The number of carbonyl (C=O) groups is 2. The van der Waals surface area contributed by atoms with E-state index in [0.717, 1.165) is 25.1 Å². The number of ether oxygens (including phenoxy) is 1. The van der Waals surface area contributed by atoms with E-state index in [9.17, 15) is 9.59 Å². The number of hydrogen-bond acceptors (Lipinski definition) is 3. The van der Waals surface area contributed by atoms with E-state index in [0.29, 0.717) is 32.2 Å². The van der Waals surface area contributed by atoms with Gasteiger partial charge in [0, 0.05) is 44.0 Å². The molecule has 1 atom stereocenters. The van der Waals surface area contributed by atoms with Gasteiger partial charge >= 0.3 is 6.03 Å². The molecule has 26 heavy (non-hydrogen) atoms.